The van der Waals surface area contributed by atoms with E-state index < -0.39 is 0 Å². The fourth-order valence-electron chi connectivity index (χ4n) is 2.55. The molecule has 0 aromatic carbocycles. The zero-order valence-corrected chi connectivity index (χ0v) is 13.3. The van der Waals surface area contributed by atoms with Crippen molar-refractivity contribution in [1.82, 2.24) is 14.9 Å². The number of aryl methyl sites for hydroxylation is 2. The van der Waals surface area contributed by atoms with Crippen LogP contribution in [0.15, 0.2) is 11.1 Å². The molecule has 2 aromatic heterocycles. The van der Waals surface area contributed by atoms with E-state index in [4.69, 9.17) is 0 Å². The second-order valence-corrected chi connectivity index (χ2v) is 7.04. The van der Waals surface area contributed by atoms with Crippen LogP contribution >= 0.6 is 11.3 Å². The van der Waals surface area contributed by atoms with Crippen molar-refractivity contribution in [3.8, 4) is 0 Å². The molecule has 1 atom stereocenters. The number of nitrogens with one attached hydrogen (secondary N) is 1. The first kappa shape index (κ1) is 14.3. The summed E-state index contributed by atoms with van der Waals surface area (Å²) in [6, 6.07) is 0.190. The summed E-state index contributed by atoms with van der Waals surface area (Å²) in [5.41, 5.74) is 0.838. The molecular formula is C15H19N3O2S. The number of hydrogen-bond donors (Lipinski definition) is 1. The highest BCUT2D eigenvalue weighted by molar-refractivity contribution is 7.18. The Morgan fingerprint density at radius 2 is 2.24 bits per heavy atom. The van der Waals surface area contributed by atoms with Gasteiger partial charge in [0, 0.05) is 10.9 Å². The third-order valence-corrected chi connectivity index (χ3v) is 5.30. The quantitative estimate of drug-likeness (QED) is 0.939. The van der Waals surface area contributed by atoms with Crippen LogP contribution in [0.25, 0.3) is 10.2 Å². The summed E-state index contributed by atoms with van der Waals surface area (Å²) in [7, 11) is 0. The van der Waals surface area contributed by atoms with Crippen molar-refractivity contribution in [2.24, 2.45) is 5.92 Å². The first-order chi connectivity index (χ1) is 9.97. The lowest BCUT2D eigenvalue weighted by molar-refractivity contribution is -0.122. The Kier molecular flexibility index (Phi) is 3.57. The van der Waals surface area contributed by atoms with Gasteiger partial charge in [-0.1, -0.05) is 0 Å². The lowest BCUT2D eigenvalue weighted by Gasteiger charge is -2.13. The topological polar surface area (TPSA) is 64.0 Å². The Labute approximate surface area is 127 Å². The van der Waals surface area contributed by atoms with Crippen molar-refractivity contribution >= 4 is 27.5 Å². The molecule has 1 fully saturated rings. The predicted octanol–water partition coefficient (Wildman–Crippen LogP) is 1.99. The molecule has 1 saturated carbocycles. The summed E-state index contributed by atoms with van der Waals surface area (Å²) in [5.74, 6) is 0.482. The van der Waals surface area contributed by atoms with Gasteiger partial charge in [0.05, 0.1) is 11.7 Å². The molecule has 21 heavy (non-hydrogen) atoms. The van der Waals surface area contributed by atoms with E-state index in [1.807, 2.05) is 20.8 Å². The Bertz CT molecular complexity index is 758. The van der Waals surface area contributed by atoms with Crippen molar-refractivity contribution in [2.75, 3.05) is 0 Å². The van der Waals surface area contributed by atoms with Gasteiger partial charge in [-0.15, -0.1) is 11.3 Å². The van der Waals surface area contributed by atoms with Crippen molar-refractivity contribution < 1.29 is 4.79 Å². The molecule has 0 bridgehead atoms. The van der Waals surface area contributed by atoms with Crippen molar-refractivity contribution in [2.45, 2.75) is 46.2 Å². The minimum absolute atomic E-state index is 0.0349. The van der Waals surface area contributed by atoms with Gasteiger partial charge in [0.15, 0.2) is 0 Å². The first-order valence-corrected chi connectivity index (χ1v) is 8.03. The smallest absolute Gasteiger partial charge is 0.262 e. The van der Waals surface area contributed by atoms with Crippen LogP contribution in [-0.4, -0.2) is 21.5 Å². The van der Waals surface area contributed by atoms with E-state index in [2.05, 4.69) is 10.3 Å². The van der Waals surface area contributed by atoms with E-state index >= 15 is 0 Å². The second-order valence-electron chi connectivity index (χ2n) is 5.83. The van der Waals surface area contributed by atoms with Gasteiger partial charge in [0.25, 0.3) is 5.56 Å². The molecule has 3 rings (SSSR count). The molecule has 1 amide bonds. The molecule has 2 heterocycles. The van der Waals surface area contributed by atoms with Gasteiger partial charge < -0.3 is 5.32 Å². The lowest BCUT2D eigenvalue weighted by atomic mass is 10.2. The summed E-state index contributed by atoms with van der Waals surface area (Å²) < 4.78 is 1.40. The first-order valence-electron chi connectivity index (χ1n) is 7.22. The van der Waals surface area contributed by atoms with E-state index in [0.29, 0.717) is 11.3 Å². The van der Waals surface area contributed by atoms with Crippen molar-refractivity contribution in [1.29, 1.82) is 0 Å². The van der Waals surface area contributed by atoms with Gasteiger partial charge in [-0.2, -0.15) is 0 Å². The van der Waals surface area contributed by atoms with Crippen LogP contribution in [0.1, 0.15) is 30.2 Å². The third kappa shape index (κ3) is 2.72. The number of thiophene rings is 1. The normalized spacial score (nSPS) is 16.1. The molecule has 2 aromatic rings. The molecule has 5 nitrogen and oxygen atoms in total. The SMILES string of the molecule is Cc1sc2ncn(CC(=O)N[C@H](C)C3CC3)c(=O)c2c1C. The van der Waals surface area contributed by atoms with Crippen LogP contribution in [0.3, 0.4) is 0 Å². The molecule has 0 radical (unpaired) electrons. The summed E-state index contributed by atoms with van der Waals surface area (Å²) in [6.07, 6.45) is 3.84. The number of aromatic nitrogens is 2. The lowest BCUT2D eigenvalue weighted by Crippen LogP contribution is -2.38. The van der Waals surface area contributed by atoms with E-state index in [1.54, 1.807) is 0 Å². The predicted molar refractivity (Wildman–Crippen MR) is 83.7 cm³/mol. The maximum Gasteiger partial charge on any atom is 0.262 e. The van der Waals surface area contributed by atoms with Crippen LogP contribution in [0, 0.1) is 19.8 Å². The van der Waals surface area contributed by atoms with Crippen LogP contribution in [0.2, 0.25) is 0 Å². The number of rotatable bonds is 4. The number of fused-ring (bicyclic) bond motifs is 1. The number of nitrogens with zero attached hydrogens (tertiary/aromatic N) is 2. The van der Waals surface area contributed by atoms with Gasteiger partial charge in [-0.05, 0) is 45.1 Å². The van der Waals surface area contributed by atoms with Gasteiger partial charge >= 0.3 is 0 Å². The van der Waals surface area contributed by atoms with Crippen molar-refractivity contribution in [3.63, 3.8) is 0 Å². The van der Waals surface area contributed by atoms with Crippen LogP contribution in [0.4, 0.5) is 0 Å². The summed E-state index contributed by atoms with van der Waals surface area (Å²) in [6.45, 7) is 5.96. The monoisotopic (exact) mass is 305 g/mol. The third-order valence-electron chi connectivity index (χ3n) is 4.19. The molecule has 1 aliphatic rings. The molecule has 1 N–H and O–H groups in total. The second kappa shape index (κ2) is 5.26. The number of carbonyl (C=O) groups is 1. The van der Waals surface area contributed by atoms with E-state index in [1.165, 1.54) is 35.1 Å². The molecule has 0 saturated heterocycles. The minimum atomic E-state index is -0.129. The molecule has 0 spiro atoms. The zero-order chi connectivity index (χ0) is 15.1. The number of amides is 1. The fourth-order valence-corrected chi connectivity index (χ4v) is 3.54. The summed E-state index contributed by atoms with van der Waals surface area (Å²) >= 11 is 1.52. The molecular weight excluding hydrogens is 286 g/mol. The van der Waals surface area contributed by atoms with Crippen LogP contribution in [-0.2, 0) is 11.3 Å². The van der Waals surface area contributed by atoms with Crippen molar-refractivity contribution in [3.05, 3.63) is 27.1 Å². The average Bonchev–Trinajstić information content (AvgIpc) is 3.22. The largest absolute Gasteiger partial charge is 0.352 e. The Morgan fingerprint density at radius 1 is 1.52 bits per heavy atom. The fraction of sp³-hybridized carbons (Fsp3) is 0.533. The zero-order valence-electron chi connectivity index (χ0n) is 12.5. The van der Waals surface area contributed by atoms with Crippen LogP contribution in [0.5, 0.6) is 0 Å². The van der Waals surface area contributed by atoms with Gasteiger partial charge in [0.1, 0.15) is 11.4 Å². The number of hydrogen-bond acceptors (Lipinski definition) is 4. The average molecular weight is 305 g/mol. The standard InChI is InChI=1S/C15H19N3O2S/c1-8-10(3)21-14-13(8)15(20)18(7-16-14)6-12(19)17-9(2)11-4-5-11/h7,9,11H,4-6H2,1-3H3,(H,17,19)/t9-/m1/s1. The summed E-state index contributed by atoms with van der Waals surface area (Å²) in [4.78, 5) is 30.7. The highest BCUT2D eigenvalue weighted by Gasteiger charge is 2.28. The maximum atomic E-state index is 12.5. The number of carbonyl (C=O) groups excluding carboxylic acids is 1. The van der Waals surface area contributed by atoms with Gasteiger partial charge in [-0.3, -0.25) is 14.2 Å². The van der Waals surface area contributed by atoms with Gasteiger partial charge in [-0.25, -0.2) is 4.98 Å². The Morgan fingerprint density at radius 3 is 2.90 bits per heavy atom. The highest BCUT2D eigenvalue weighted by atomic mass is 32.1. The molecule has 1 aliphatic carbocycles. The maximum absolute atomic E-state index is 12.5. The molecule has 0 aliphatic heterocycles. The van der Waals surface area contributed by atoms with E-state index in [0.717, 1.165) is 15.3 Å². The van der Waals surface area contributed by atoms with E-state index in [9.17, 15) is 9.59 Å². The Hall–Kier alpha value is -1.69. The van der Waals surface area contributed by atoms with Crippen LogP contribution < -0.4 is 10.9 Å². The summed E-state index contributed by atoms with van der Waals surface area (Å²) in [5, 5.41) is 3.60. The van der Waals surface area contributed by atoms with Gasteiger partial charge in [0.2, 0.25) is 5.91 Å². The van der Waals surface area contributed by atoms with E-state index in [-0.39, 0.29) is 24.1 Å². The molecule has 6 heteroatoms. The highest BCUT2D eigenvalue weighted by Crippen LogP contribution is 2.32. The Balaban J connectivity index is 1.83. The molecule has 112 valence electrons. The minimum Gasteiger partial charge on any atom is -0.352 e. The molecule has 0 unspecified atom stereocenters.